The molecule has 7 nitrogen and oxygen atoms in total. The van der Waals surface area contributed by atoms with Gasteiger partial charge in [0.25, 0.3) is 0 Å². The molecule has 5 rings (SSSR count). The van der Waals surface area contributed by atoms with E-state index in [9.17, 15) is 0 Å². The number of piperazine rings is 1. The van der Waals surface area contributed by atoms with Crippen molar-refractivity contribution in [1.29, 1.82) is 0 Å². The van der Waals surface area contributed by atoms with E-state index >= 15 is 0 Å². The largest absolute Gasteiger partial charge is 0.353 e. The highest BCUT2D eigenvalue weighted by molar-refractivity contribution is 7.09. The zero-order valence-corrected chi connectivity index (χ0v) is 17.2. The van der Waals surface area contributed by atoms with Crippen molar-refractivity contribution < 1.29 is 0 Å². The number of para-hydroxylation sites is 1. The van der Waals surface area contributed by atoms with Gasteiger partial charge in [-0.1, -0.05) is 25.1 Å². The first-order chi connectivity index (χ1) is 14.3. The molecular weight excluding hydrogens is 382 g/mol. The van der Waals surface area contributed by atoms with Gasteiger partial charge in [-0.3, -0.25) is 4.90 Å². The predicted octanol–water partition coefficient (Wildman–Crippen LogP) is 3.16. The number of thiazole rings is 1. The molecule has 0 saturated carbocycles. The van der Waals surface area contributed by atoms with Gasteiger partial charge in [0.1, 0.15) is 12.1 Å². The number of hydrogen-bond donors (Lipinski definition) is 0. The van der Waals surface area contributed by atoms with E-state index < -0.39 is 0 Å². The number of hydrogen-bond acceptors (Lipinski definition) is 7. The Hall–Kier alpha value is -2.84. The van der Waals surface area contributed by atoms with Crippen LogP contribution in [0.5, 0.6) is 0 Å². The summed E-state index contributed by atoms with van der Waals surface area (Å²) in [6.07, 6.45) is 4.54. The monoisotopic (exact) mass is 405 g/mol. The van der Waals surface area contributed by atoms with Gasteiger partial charge in [0.15, 0.2) is 5.65 Å². The van der Waals surface area contributed by atoms with Gasteiger partial charge in [-0.25, -0.2) is 19.6 Å². The first-order valence-electron chi connectivity index (χ1n) is 9.96. The Morgan fingerprint density at radius 3 is 2.62 bits per heavy atom. The van der Waals surface area contributed by atoms with E-state index in [1.54, 1.807) is 17.7 Å². The first-order valence-corrected chi connectivity index (χ1v) is 10.8. The summed E-state index contributed by atoms with van der Waals surface area (Å²) >= 11 is 1.76. The minimum atomic E-state index is 0.846. The Labute approximate surface area is 173 Å². The van der Waals surface area contributed by atoms with Crippen LogP contribution >= 0.6 is 11.3 Å². The Morgan fingerprint density at radius 1 is 1.03 bits per heavy atom. The van der Waals surface area contributed by atoms with E-state index in [1.165, 1.54) is 10.7 Å². The molecule has 0 atom stereocenters. The first kappa shape index (κ1) is 18.2. The summed E-state index contributed by atoms with van der Waals surface area (Å²) in [4.78, 5) is 18.6. The Kier molecular flexibility index (Phi) is 4.95. The van der Waals surface area contributed by atoms with Crippen LogP contribution in [0.3, 0.4) is 0 Å². The van der Waals surface area contributed by atoms with Gasteiger partial charge in [-0.15, -0.1) is 11.3 Å². The maximum absolute atomic E-state index is 4.70. The number of aryl methyl sites for hydroxylation is 1. The highest BCUT2D eigenvalue weighted by Crippen LogP contribution is 2.25. The molecule has 8 heteroatoms. The van der Waals surface area contributed by atoms with Crippen LogP contribution in [0.1, 0.15) is 17.6 Å². The third kappa shape index (κ3) is 3.61. The second kappa shape index (κ2) is 7.88. The lowest BCUT2D eigenvalue weighted by Gasteiger charge is -2.35. The van der Waals surface area contributed by atoms with Crippen LogP contribution in [-0.2, 0) is 13.0 Å². The van der Waals surface area contributed by atoms with Crippen molar-refractivity contribution in [3.8, 4) is 5.69 Å². The van der Waals surface area contributed by atoms with E-state index in [1.807, 2.05) is 41.2 Å². The molecule has 4 aromatic rings. The average molecular weight is 406 g/mol. The van der Waals surface area contributed by atoms with Crippen molar-refractivity contribution in [1.82, 2.24) is 29.6 Å². The smallest absolute Gasteiger partial charge is 0.168 e. The van der Waals surface area contributed by atoms with Gasteiger partial charge in [0.05, 0.1) is 28.0 Å². The SMILES string of the molecule is CCc1nc(CN2CCN(c3ncnc4c3cnn4-c3ccccc3)CC2)cs1. The van der Waals surface area contributed by atoms with Crippen LogP contribution in [0.25, 0.3) is 16.7 Å². The quantitative estimate of drug-likeness (QED) is 0.508. The van der Waals surface area contributed by atoms with E-state index in [2.05, 4.69) is 37.2 Å². The summed E-state index contributed by atoms with van der Waals surface area (Å²) in [7, 11) is 0. The minimum Gasteiger partial charge on any atom is -0.353 e. The molecule has 29 heavy (non-hydrogen) atoms. The second-order valence-corrected chi connectivity index (χ2v) is 8.12. The lowest BCUT2D eigenvalue weighted by Crippen LogP contribution is -2.46. The van der Waals surface area contributed by atoms with Crippen molar-refractivity contribution in [3.05, 3.63) is 58.9 Å². The molecule has 1 aliphatic rings. The highest BCUT2D eigenvalue weighted by atomic mass is 32.1. The molecular formula is C21H23N7S. The average Bonchev–Trinajstić information content (AvgIpc) is 3.41. The fourth-order valence-corrected chi connectivity index (χ4v) is 4.51. The molecule has 0 amide bonds. The van der Waals surface area contributed by atoms with Crippen LogP contribution in [0.2, 0.25) is 0 Å². The van der Waals surface area contributed by atoms with Gasteiger partial charge in [-0.2, -0.15) is 5.10 Å². The molecule has 0 radical (unpaired) electrons. The summed E-state index contributed by atoms with van der Waals surface area (Å²) < 4.78 is 1.88. The fourth-order valence-electron chi connectivity index (χ4n) is 3.77. The molecule has 1 aliphatic heterocycles. The van der Waals surface area contributed by atoms with Gasteiger partial charge in [-0.05, 0) is 18.6 Å². The van der Waals surface area contributed by atoms with Crippen molar-refractivity contribution in [2.24, 2.45) is 0 Å². The third-order valence-corrected chi connectivity index (χ3v) is 6.35. The number of benzene rings is 1. The zero-order valence-electron chi connectivity index (χ0n) is 16.4. The topological polar surface area (TPSA) is 63.0 Å². The Balaban J connectivity index is 1.32. The van der Waals surface area contributed by atoms with E-state index in [-0.39, 0.29) is 0 Å². The van der Waals surface area contributed by atoms with Gasteiger partial charge in [0, 0.05) is 38.1 Å². The lowest BCUT2D eigenvalue weighted by atomic mass is 10.2. The highest BCUT2D eigenvalue weighted by Gasteiger charge is 2.22. The molecule has 148 valence electrons. The number of rotatable bonds is 5. The van der Waals surface area contributed by atoms with E-state index in [0.29, 0.717) is 0 Å². The van der Waals surface area contributed by atoms with E-state index in [4.69, 9.17) is 4.98 Å². The van der Waals surface area contributed by atoms with Crippen LogP contribution in [0.4, 0.5) is 5.82 Å². The molecule has 0 bridgehead atoms. The lowest BCUT2D eigenvalue weighted by molar-refractivity contribution is 0.247. The van der Waals surface area contributed by atoms with Crippen LogP contribution < -0.4 is 4.90 Å². The second-order valence-electron chi connectivity index (χ2n) is 7.18. The number of anilines is 1. The molecule has 0 unspecified atom stereocenters. The van der Waals surface area contributed by atoms with Crippen LogP contribution in [0, 0.1) is 0 Å². The number of nitrogens with zero attached hydrogens (tertiary/aromatic N) is 7. The van der Waals surface area contributed by atoms with Gasteiger partial charge < -0.3 is 4.90 Å². The Bertz CT molecular complexity index is 1100. The normalized spacial score (nSPS) is 15.3. The summed E-state index contributed by atoms with van der Waals surface area (Å²) in [6.45, 7) is 6.95. The maximum Gasteiger partial charge on any atom is 0.168 e. The summed E-state index contributed by atoms with van der Waals surface area (Å²) in [6, 6.07) is 10.1. The van der Waals surface area contributed by atoms with Crippen molar-refractivity contribution >= 4 is 28.2 Å². The number of fused-ring (bicyclic) bond motifs is 1. The van der Waals surface area contributed by atoms with Crippen molar-refractivity contribution in [2.45, 2.75) is 19.9 Å². The molecule has 4 heterocycles. The Morgan fingerprint density at radius 2 is 1.86 bits per heavy atom. The zero-order chi connectivity index (χ0) is 19.6. The molecule has 0 spiro atoms. The van der Waals surface area contributed by atoms with Crippen molar-refractivity contribution in [2.75, 3.05) is 31.1 Å². The molecule has 0 N–H and O–H groups in total. The molecule has 3 aromatic heterocycles. The van der Waals surface area contributed by atoms with E-state index in [0.717, 1.165) is 61.7 Å². The van der Waals surface area contributed by atoms with Gasteiger partial charge in [0.2, 0.25) is 0 Å². The summed E-state index contributed by atoms with van der Waals surface area (Å²) in [5.41, 5.74) is 3.04. The summed E-state index contributed by atoms with van der Waals surface area (Å²) in [5.74, 6) is 0.971. The summed E-state index contributed by atoms with van der Waals surface area (Å²) in [5, 5.41) is 8.98. The molecule has 0 aliphatic carbocycles. The predicted molar refractivity (Wildman–Crippen MR) is 116 cm³/mol. The molecule has 1 saturated heterocycles. The third-order valence-electron chi connectivity index (χ3n) is 5.30. The maximum atomic E-state index is 4.70. The van der Waals surface area contributed by atoms with Crippen molar-refractivity contribution in [3.63, 3.8) is 0 Å². The van der Waals surface area contributed by atoms with Gasteiger partial charge >= 0.3 is 0 Å². The standard InChI is InChI=1S/C21H23N7S/c1-2-19-25-16(14-29-19)13-26-8-10-27(11-9-26)20-18-12-24-28(21(18)23-15-22-20)17-6-4-3-5-7-17/h3-7,12,14-15H,2,8-11,13H2,1H3. The van der Waals surface area contributed by atoms with Crippen LogP contribution in [-0.4, -0.2) is 55.8 Å². The fraction of sp³-hybridized carbons (Fsp3) is 0.333. The molecule has 1 fully saturated rings. The molecule has 1 aromatic carbocycles. The minimum absolute atomic E-state index is 0.846. The van der Waals surface area contributed by atoms with Crippen LogP contribution in [0.15, 0.2) is 48.2 Å². The number of aromatic nitrogens is 5.